The summed E-state index contributed by atoms with van der Waals surface area (Å²) in [6.07, 6.45) is 1.44. The molecule has 0 radical (unpaired) electrons. The topological polar surface area (TPSA) is 59.1 Å². The van der Waals surface area contributed by atoms with Crippen LogP contribution in [-0.2, 0) is 10.0 Å². The van der Waals surface area contributed by atoms with Gasteiger partial charge in [-0.25, -0.2) is 9.37 Å². The highest BCUT2D eigenvalue weighted by Gasteiger charge is 2.16. The second-order valence-corrected chi connectivity index (χ2v) is 5.39. The summed E-state index contributed by atoms with van der Waals surface area (Å²) in [5.41, 5.74) is 0.750. The number of halogens is 1. The van der Waals surface area contributed by atoms with Gasteiger partial charge in [-0.05, 0) is 30.7 Å². The lowest BCUT2D eigenvalue weighted by molar-refractivity contribution is 0.595. The number of anilines is 1. The molecule has 1 N–H and O–H groups in total. The molecule has 6 heteroatoms. The molecule has 0 aliphatic carbocycles. The summed E-state index contributed by atoms with van der Waals surface area (Å²) in [6.45, 7) is 1.80. The highest BCUT2D eigenvalue weighted by Crippen LogP contribution is 2.17. The third-order valence-electron chi connectivity index (χ3n) is 2.28. The van der Waals surface area contributed by atoms with Gasteiger partial charge in [0.2, 0.25) is 0 Å². The zero-order valence-electron chi connectivity index (χ0n) is 9.59. The Balaban J connectivity index is 2.33. The van der Waals surface area contributed by atoms with Gasteiger partial charge in [-0.15, -0.1) is 0 Å². The lowest BCUT2D eigenvalue weighted by atomic mass is 10.3. The van der Waals surface area contributed by atoms with Crippen LogP contribution in [0.1, 0.15) is 5.56 Å². The van der Waals surface area contributed by atoms with Crippen LogP contribution in [0.15, 0.2) is 47.6 Å². The van der Waals surface area contributed by atoms with E-state index in [1.54, 1.807) is 19.1 Å². The van der Waals surface area contributed by atoms with Gasteiger partial charge >= 0.3 is 0 Å². The van der Waals surface area contributed by atoms with Gasteiger partial charge in [0, 0.05) is 6.20 Å². The summed E-state index contributed by atoms with van der Waals surface area (Å²) in [5.74, 6) is -0.631. The molecular weight excluding hydrogens is 255 g/mol. The first-order valence-electron chi connectivity index (χ1n) is 5.19. The molecule has 18 heavy (non-hydrogen) atoms. The van der Waals surface area contributed by atoms with Crippen molar-refractivity contribution in [1.82, 2.24) is 4.98 Å². The fourth-order valence-electron chi connectivity index (χ4n) is 1.35. The summed E-state index contributed by atoms with van der Waals surface area (Å²) in [6, 6.07) is 8.56. The molecule has 0 aliphatic heterocycles. The van der Waals surface area contributed by atoms with E-state index in [1.807, 2.05) is 0 Å². The van der Waals surface area contributed by atoms with Crippen molar-refractivity contribution in [1.29, 1.82) is 0 Å². The van der Waals surface area contributed by atoms with Gasteiger partial charge in [0.25, 0.3) is 10.0 Å². The van der Waals surface area contributed by atoms with Crippen LogP contribution in [0.2, 0.25) is 0 Å². The van der Waals surface area contributed by atoms with E-state index in [1.165, 1.54) is 30.5 Å². The van der Waals surface area contributed by atoms with Crippen LogP contribution in [0, 0.1) is 12.7 Å². The summed E-state index contributed by atoms with van der Waals surface area (Å²) in [5, 5.41) is -0.142. The number of rotatable bonds is 3. The number of para-hydroxylation sites is 1. The number of nitrogens with zero attached hydrogens (tertiary/aromatic N) is 1. The van der Waals surface area contributed by atoms with Gasteiger partial charge in [-0.3, -0.25) is 4.72 Å². The molecule has 0 atom stereocenters. The van der Waals surface area contributed by atoms with Crippen LogP contribution >= 0.6 is 0 Å². The van der Waals surface area contributed by atoms with E-state index in [-0.39, 0.29) is 10.7 Å². The van der Waals surface area contributed by atoms with Crippen molar-refractivity contribution < 1.29 is 12.8 Å². The summed E-state index contributed by atoms with van der Waals surface area (Å²) < 4.78 is 39.4. The van der Waals surface area contributed by atoms with E-state index in [0.29, 0.717) is 0 Å². The van der Waals surface area contributed by atoms with Crippen molar-refractivity contribution in [3.63, 3.8) is 0 Å². The van der Waals surface area contributed by atoms with E-state index < -0.39 is 15.8 Å². The third kappa shape index (κ3) is 2.65. The second-order valence-electron chi connectivity index (χ2n) is 3.76. The van der Waals surface area contributed by atoms with E-state index in [0.717, 1.165) is 5.56 Å². The van der Waals surface area contributed by atoms with Crippen LogP contribution in [0.4, 0.5) is 10.1 Å². The van der Waals surface area contributed by atoms with Crippen molar-refractivity contribution >= 4 is 15.7 Å². The third-order valence-corrected chi connectivity index (χ3v) is 3.56. The van der Waals surface area contributed by atoms with Crippen molar-refractivity contribution in [3.8, 4) is 0 Å². The average molecular weight is 266 g/mol. The van der Waals surface area contributed by atoms with Gasteiger partial charge in [-0.1, -0.05) is 18.2 Å². The lowest BCUT2D eigenvalue weighted by Gasteiger charge is -2.08. The lowest BCUT2D eigenvalue weighted by Crippen LogP contribution is -2.15. The Morgan fingerprint density at radius 3 is 2.50 bits per heavy atom. The first-order chi connectivity index (χ1) is 8.49. The Hall–Kier alpha value is -1.95. The molecule has 0 spiro atoms. The monoisotopic (exact) mass is 266 g/mol. The standard InChI is InChI=1S/C12H11FN2O2S/c1-9-6-7-12(14-8-9)18(16,17)15-11-5-3-2-4-10(11)13/h2-8,15H,1H3. The molecular formula is C12H11FN2O2S. The number of benzene rings is 1. The number of hydrogen-bond acceptors (Lipinski definition) is 3. The molecule has 0 aliphatic rings. The minimum atomic E-state index is -3.85. The smallest absolute Gasteiger partial charge is 0.275 e. The molecule has 94 valence electrons. The minimum Gasteiger partial charge on any atom is -0.275 e. The zero-order chi connectivity index (χ0) is 13.2. The molecule has 0 bridgehead atoms. The molecule has 0 saturated carbocycles. The maximum atomic E-state index is 13.4. The fourth-order valence-corrected chi connectivity index (χ4v) is 2.35. The van der Waals surface area contributed by atoms with Crippen LogP contribution in [0.3, 0.4) is 0 Å². The number of aromatic nitrogens is 1. The fraction of sp³-hybridized carbons (Fsp3) is 0.0833. The predicted molar refractivity (Wildman–Crippen MR) is 66.2 cm³/mol. The molecule has 0 fully saturated rings. The molecule has 1 aromatic carbocycles. The normalized spacial score (nSPS) is 11.2. The number of sulfonamides is 1. The van der Waals surface area contributed by atoms with Gasteiger partial charge in [0.05, 0.1) is 5.69 Å². The number of hydrogen-bond donors (Lipinski definition) is 1. The molecule has 0 saturated heterocycles. The molecule has 2 aromatic rings. The van der Waals surface area contributed by atoms with Crippen molar-refractivity contribution in [2.75, 3.05) is 4.72 Å². The van der Waals surface area contributed by atoms with Gasteiger partial charge in [-0.2, -0.15) is 8.42 Å². The highest BCUT2D eigenvalue weighted by molar-refractivity contribution is 7.92. The highest BCUT2D eigenvalue weighted by atomic mass is 32.2. The SMILES string of the molecule is Cc1ccc(S(=O)(=O)Nc2ccccc2F)nc1. The Bertz CT molecular complexity index is 654. The summed E-state index contributed by atoms with van der Waals surface area (Å²) in [7, 11) is -3.85. The first kappa shape index (κ1) is 12.5. The number of nitrogens with one attached hydrogen (secondary N) is 1. The molecule has 1 aromatic heterocycles. The number of aryl methyl sites for hydroxylation is 1. The van der Waals surface area contributed by atoms with E-state index in [9.17, 15) is 12.8 Å². The zero-order valence-corrected chi connectivity index (χ0v) is 10.4. The van der Waals surface area contributed by atoms with Gasteiger partial charge in [0.15, 0.2) is 5.03 Å². The van der Waals surface area contributed by atoms with Crippen LogP contribution in [-0.4, -0.2) is 13.4 Å². The van der Waals surface area contributed by atoms with Gasteiger partial charge in [0.1, 0.15) is 5.82 Å². The number of pyridine rings is 1. The maximum absolute atomic E-state index is 13.4. The van der Waals surface area contributed by atoms with E-state index in [4.69, 9.17) is 0 Å². The minimum absolute atomic E-state index is 0.0973. The first-order valence-corrected chi connectivity index (χ1v) is 6.67. The maximum Gasteiger partial charge on any atom is 0.279 e. The van der Waals surface area contributed by atoms with Crippen LogP contribution in [0.5, 0.6) is 0 Å². The molecule has 0 unspecified atom stereocenters. The van der Waals surface area contributed by atoms with Gasteiger partial charge < -0.3 is 0 Å². The quantitative estimate of drug-likeness (QED) is 0.927. The molecule has 0 amide bonds. The Labute approximate surface area is 105 Å². The summed E-state index contributed by atoms with van der Waals surface area (Å²) in [4.78, 5) is 3.80. The Morgan fingerprint density at radius 1 is 1.17 bits per heavy atom. The Morgan fingerprint density at radius 2 is 1.89 bits per heavy atom. The van der Waals surface area contributed by atoms with Crippen molar-refractivity contribution in [3.05, 3.63) is 54.0 Å². The molecule has 1 heterocycles. The van der Waals surface area contributed by atoms with E-state index in [2.05, 4.69) is 9.71 Å². The second kappa shape index (κ2) is 4.73. The summed E-state index contributed by atoms with van der Waals surface area (Å²) >= 11 is 0. The van der Waals surface area contributed by atoms with Crippen LogP contribution < -0.4 is 4.72 Å². The largest absolute Gasteiger partial charge is 0.279 e. The Kier molecular flexibility index (Phi) is 3.29. The van der Waals surface area contributed by atoms with Crippen LogP contribution in [0.25, 0.3) is 0 Å². The van der Waals surface area contributed by atoms with E-state index >= 15 is 0 Å². The van der Waals surface area contributed by atoms with Crippen molar-refractivity contribution in [2.24, 2.45) is 0 Å². The molecule has 4 nitrogen and oxygen atoms in total. The average Bonchev–Trinajstić information content (AvgIpc) is 2.32. The van der Waals surface area contributed by atoms with Crippen molar-refractivity contribution in [2.45, 2.75) is 11.9 Å². The predicted octanol–water partition coefficient (Wildman–Crippen LogP) is 2.33. The molecule has 2 rings (SSSR count).